The van der Waals surface area contributed by atoms with Gasteiger partial charge in [-0.15, -0.1) is 0 Å². The van der Waals surface area contributed by atoms with Crippen molar-refractivity contribution in [1.29, 1.82) is 5.26 Å². The SMILES string of the molecule is CCS(=O)(=O)c1ccc(N2CCOCC2)c(N=C(NC#N)SC)c1. The topological polar surface area (TPSA) is 94.8 Å². The Kier molecular flexibility index (Phi) is 6.48. The Labute approximate surface area is 146 Å². The molecule has 1 aliphatic rings. The molecule has 130 valence electrons. The van der Waals surface area contributed by atoms with Gasteiger partial charge in [0.05, 0.1) is 35.2 Å². The number of nitrogens with one attached hydrogen (secondary N) is 1. The van der Waals surface area contributed by atoms with Gasteiger partial charge in [0, 0.05) is 13.1 Å². The van der Waals surface area contributed by atoms with Crippen molar-refractivity contribution >= 4 is 38.1 Å². The van der Waals surface area contributed by atoms with Crippen LogP contribution in [0, 0.1) is 11.5 Å². The van der Waals surface area contributed by atoms with Crippen LogP contribution in [0.2, 0.25) is 0 Å². The van der Waals surface area contributed by atoms with Crippen molar-refractivity contribution in [3.05, 3.63) is 18.2 Å². The number of hydrogen-bond acceptors (Lipinski definition) is 7. The average Bonchev–Trinajstić information content (AvgIpc) is 2.62. The number of sulfone groups is 1. The van der Waals surface area contributed by atoms with Gasteiger partial charge < -0.3 is 9.64 Å². The summed E-state index contributed by atoms with van der Waals surface area (Å²) in [4.78, 5) is 6.79. The summed E-state index contributed by atoms with van der Waals surface area (Å²) in [5.41, 5.74) is 1.36. The maximum atomic E-state index is 12.2. The van der Waals surface area contributed by atoms with Crippen LogP contribution in [-0.2, 0) is 14.6 Å². The normalized spacial score (nSPS) is 15.9. The third kappa shape index (κ3) is 4.41. The first-order chi connectivity index (χ1) is 11.5. The van der Waals surface area contributed by atoms with E-state index in [1.54, 1.807) is 31.4 Å². The zero-order chi connectivity index (χ0) is 17.6. The van der Waals surface area contributed by atoms with E-state index in [1.807, 2.05) is 6.19 Å². The summed E-state index contributed by atoms with van der Waals surface area (Å²) in [6.45, 7) is 4.26. The molecule has 0 amide bonds. The maximum absolute atomic E-state index is 12.2. The lowest BCUT2D eigenvalue weighted by Gasteiger charge is -2.30. The monoisotopic (exact) mass is 368 g/mol. The molecule has 0 atom stereocenters. The van der Waals surface area contributed by atoms with Gasteiger partial charge in [0.15, 0.2) is 21.2 Å². The van der Waals surface area contributed by atoms with E-state index in [-0.39, 0.29) is 10.6 Å². The van der Waals surface area contributed by atoms with Crippen molar-refractivity contribution < 1.29 is 13.2 Å². The third-order valence-electron chi connectivity index (χ3n) is 3.62. The zero-order valence-corrected chi connectivity index (χ0v) is 15.3. The van der Waals surface area contributed by atoms with Crippen molar-refractivity contribution in [1.82, 2.24) is 5.32 Å². The predicted molar refractivity (Wildman–Crippen MR) is 96.6 cm³/mol. The smallest absolute Gasteiger partial charge is 0.183 e. The summed E-state index contributed by atoms with van der Waals surface area (Å²) in [6, 6.07) is 4.95. The van der Waals surface area contributed by atoms with Crippen molar-refractivity contribution in [2.45, 2.75) is 11.8 Å². The summed E-state index contributed by atoms with van der Waals surface area (Å²) >= 11 is 1.29. The number of amidine groups is 1. The van der Waals surface area contributed by atoms with Gasteiger partial charge in [0.25, 0.3) is 0 Å². The molecule has 1 aromatic rings. The van der Waals surface area contributed by atoms with Crippen molar-refractivity contribution in [2.75, 3.05) is 43.2 Å². The van der Waals surface area contributed by atoms with Crippen LogP contribution in [0.4, 0.5) is 11.4 Å². The van der Waals surface area contributed by atoms with Crippen molar-refractivity contribution in [2.24, 2.45) is 4.99 Å². The van der Waals surface area contributed by atoms with Gasteiger partial charge in [-0.3, -0.25) is 5.32 Å². The van der Waals surface area contributed by atoms with Crippen molar-refractivity contribution in [3.63, 3.8) is 0 Å². The Morgan fingerprint density at radius 1 is 1.46 bits per heavy atom. The van der Waals surface area contributed by atoms with Gasteiger partial charge in [-0.1, -0.05) is 18.7 Å². The molecule has 0 saturated carbocycles. The number of anilines is 1. The lowest BCUT2D eigenvalue weighted by molar-refractivity contribution is 0.123. The molecule has 1 N–H and O–H groups in total. The average molecular weight is 368 g/mol. The second kappa shape index (κ2) is 8.37. The second-order valence-electron chi connectivity index (χ2n) is 5.01. The molecule has 1 heterocycles. The molecule has 1 aromatic carbocycles. The Balaban J connectivity index is 2.52. The number of ether oxygens (including phenoxy) is 1. The van der Waals surface area contributed by atoms with E-state index >= 15 is 0 Å². The minimum absolute atomic E-state index is 0.0267. The number of aliphatic imine (C=N–C) groups is 1. The molecule has 1 aliphatic heterocycles. The number of hydrogen-bond donors (Lipinski definition) is 1. The van der Waals surface area contributed by atoms with Crippen LogP contribution in [-0.4, -0.2) is 51.9 Å². The first-order valence-electron chi connectivity index (χ1n) is 7.49. The molecule has 1 fully saturated rings. The number of nitriles is 1. The lowest BCUT2D eigenvalue weighted by atomic mass is 10.2. The van der Waals surface area contributed by atoms with Crippen LogP contribution in [0.5, 0.6) is 0 Å². The molecule has 0 unspecified atom stereocenters. The summed E-state index contributed by atoms with van der Waals surface area (Å²) in [5.74, 6) is 0.0267. The van der Waals surface area contributed by atoms with E-state index in [1.165, 1.54) is 11.8 Å². The number of benzene rings is 1. The maximum Gasteiger partial charge on any atom is 0.183 e. The molecule has 0 aliphatic carbocycles. The standard InChI is InChI=1S/C15H20N4O3S2/c1-3-24(20,21)12-4-5-14(19-6-8-22-9-7-19)13(10-12)18-15(23-2)17-11-16/h4-5,10H,3,6-9H2,1-2H3,(H,17,18). The van der Waals surface area contributed by atoms with Crippen LogP contribution in [0.3, 0.4) is 0 Å². The molecule has 0 aromatic heterocycles. The summed E-state index contributed by atoms with van der Waals surface area (Å²) in [6.07, 6.45) is 3.64. The van der Waals surface area contributed by atoms with Crippen LogP contribution in [0.15, 0.2) is 28.1 Å². The molecular weight excluding hydrogens is 348 g/mol. The third-order valence-corrected chi connectivity index (χ3v) is 5.93. The van der Waals surface area contributed by atoms with E-state index in [4.69, 9.17) is 10.00 Å². The lowest BCUT2D eigenvalue weighted by Crippen LogP contribution is -2.36. The van der Waals surface area contributed by atoms with E-state index in [9.17, 15) is 8.42 Å². The fourth-order valence-electron chi connectivity index (χ4n) is 2.31. The highest BCUT2D eigenvalue weighted by Gasteiger charge is 2.19. The molecule has 0 spiro atoms. The molecule has 0 bridgehead atoms. The molecule has 2 rings (SSSR count). The fourth-order valence-corrected chi connectivity index (χ4v) is 3.54. The van der Waals surface area contributed by atoms with E-state index in [0.29, 0.717) is 37.2 Å². The Bertz CT molecular complexity index is 750. The highest BCUT2D eigenvalue weighted by molar-refractivity contribution is 8.13. The summed E-state index contributed by atoms with van der Waals surface area (Å²) in [7, 11) is -3.33. The molecule has 7 nitrogen and oxygen atoms in total. The van der Waals surface area contributed by atoms with Gasteiger partial charge >= 0.3 is 0 Å². The van der Waals surface area contributed by atoms with E-state index < -0.39 is 9.84 Å². The number of thioether (sulfide) groups is 1. The molecule has 24 heavy (non-hydrogen) atoms. The highest BCUT2D eigenvalue weighted by Crippen LogP contribution is 2.33. The van der Waals surface area contributed by atoms with Gasteiger partial charge in [-0.05, 0) is 24.5 Å². The Hall–Kier alpha value is -1.76. The summed E-state index contributed by atoms with van der Waals surface area (Å²) < 4.78 is 29.7. The highest BCUT2D eigenvalue weighted by atomic mass is 32.2. The second-order valence-corrected chi connectivity index (χ2v) is 8.08. The van der Waals surface area contributed by atoms with Crippen LogP contribution >= 0.6 is 11.8 Å². The van der Waals surface area contributed by atoms with Crippen molar-refractivity contribution in [3.8, 4) is 6.19 Å². The Morgan fingerprint density at radius 2 is 2.17 bits per heavy atom. The molecule has 0 radical (unpaired) electrons. The molecule has 9 heteroatoms. The Morgan fingerprint density at radius 3 is 2.75 bits per heavy atom. The quantitative estimate of drug-likeness (QED) is 0.374. The number of morpholine rings is 1. The largest absolute Gasteiger partial charge is 0.378 e. The molecule has 1 saturated heterocycles. The van der Waals surface area contributed by atoms with Crippen LogP contribution in [0.25, 0.3) is 0 Å². The van der Waals surface area contributed by atoms with Gasteiger partial charge in [-0.2, -0.15) is 5.26 Å². The van der Waals surface area contributed by atoms with Gasteiger partial charge in [0.1, 0.15) is 0 Å². The number of rotatable bonds is 4. The van der Waals surface area contributed by atoms with Crippen LogP contribution < -0.4 is 10.2 Å². The minimum atomic E-state index is -3.33. The van der Waals surface area contributed by atoms with E-state index in [0.717, 1.165) is 5.69 Å². The molecular formula is C15H20N4O3S2. The summed E-state index contributed by atoms with van der Waals surface area (Å²) in [5, 5.41) is 11.7. The van der Waals surface area contributed by atoms with E-state index in [2.05, 4.69) is 15.2 Å². The fraction of sp³-hybridized carbons (Fsp3) is 0.467. The minimum Gasteiger partial charge on any atom is -0.378 e. The van der Waals surface area contributed by atoms with Gasteiger partial charge in [0.2, 0.25) is 0 Å². The zero-order valence-electron chi connectivity index (χ0n) is 13.7. The van der Waals surface area contributed by atoms with Gasteiger partial charge in [-0.25, -0.2) is 13.4 Å². The van der Waals surface area contributed by atoms with Crippen LogP contribution in [0.1, 0.15) is 6.92 Å². The first kappa shape index (κ1) is 18.6. The first-order valence-corrected chi connectivity index (χ1v) is 10.4. The predicted octanol–water partition coefficient (Wildman–Crippen LogP) is 1.74. The number of nitrogens with zero attached hydrogens (tertiary/aromatic N) is 3.